The van der Waals surface area contributed by atoms with Gasteiger partial charge in [0, 0.05) is 10.7 Å². The number of amides is 2. The zero-order valence-electron chi connectivity index (χ0n) is 14.2. The van der Waals surface area contributed by atoms with Crippen molar-refractivity contribution in [3.63, 3.8) is 0 Å². The molecule has 2 N–H and O–H groups in total. The number of carbonyl (C=O) groups is 2. The molecule has 2 aromatic rings. The molecule has 6 nitrogen and oxygen atoms in total. The van der Waals surface area contributed by atoms with E-state index in [1.165, 1.54) is 13.2 Å². The van der Waals surface area contributed by atoms with Crippen molar-refractivity contribution in [1.29, 1.82) is 0 Å². The van der Waals surface area contributed by atoms with Crippen LogP contribution in [-0.2, 0) is 4.79 Å². The molecule has 0 atom stereocenters. The van der Waals surface area contributed by atoms with Crippen molar-refractivity contribution < 1.29 is 14.3 Å². The van der Waals surface area contributed by atoms with Crippen molar-refractivity contribution >= 4 is 46.4 Å². The smallest absolute Gasteiger partial charge is 0.275 e. The predicted molar refractivity (Wildman–Crippen MR) is 103 cm³/mol. The van der Waals surface area contributed by atoms with Gasteiger partial charge in [0.05, 0.1) is 29.8 Å². The maximum Gasteiger partial charge on any atom is 0.275 e. The third-order valence-corrected chi connectivity index (χ3v) is 3.87. The lowest BCUT2D eigenvalue weighted by molar-refractivity contribution is -0.115. The Bertz CT molecular complexity index is 853. The second-order valence-electron chi connectivity index (χ2n) is 5.34. The lowest BCUT2D eigenvalue weighted by atomic mass is 10.2. The van der Waals surface area contributed by atoms with Gasteiger partial charge in [0.25, 0.3) is 5.91 Å². The summed E-state index contributed by atoms with van der Waals surface area (Å²) < 4.78 is 5.13. The molecule has 2 rings (SSSR count). The van der Waals surface area contributed by atoms with Gasteiger partial charge in [-0.1, -0.05) is 35.3 Å². The fraction of sp³-hybridized carbons (Fsp3) is 0.167. The van der Waals surface area contributed by atoms with Crippen molar-refractivity contribution in [3.05, 3.63) is 58.1 Å². The van der Waals surface area contributed by atoms with Crippen LogP contribution in [-0.4, -0.2) is 24.6 Å². The Morgan fingerprint density at radius 2 is 1.88 bits per heavy atom. The van der Waals surface area contributed by atoms with Gasteiger partial charge in [0.1, 0.15) is 5.75 Å². The van der Waals surface area contributed by atoms with Crippen molar-refractivity contribution in [3.8, 4) is 5.75 Å². The molecule has 0 aliphatic carbocycles. The van der Waals surface area contributed by atoms with Crippen LogP contribution in [0, 0.1) is 0 Å². The van der Waals surface area contributed by atoms with Crippen LogP contribution >= 0.6 is 23.2 Å². The Kier molecular flexibility index (Phi) is 7.00. The molecule has 0 saturated heterocycles. The number of nitrogens with zero attached hydrogens (tertiary/aromatic N) is 1. The second-order valence-corrected chi connectivity index (χ2v) is 6.18. The number of halogens is 2. The monoisotopic (exact) mass is 393 g/mol. The molecule has 0 unspecified atom stereocenters. The van der Waals surface area contributed by atoms with E-state index < -0.39 is 5.91 Å². The molecule has 0 bridgehead atoms. The molecule has 2 amide bonds. The van der Waals surface area contributed by atoms with E-state index in [9.17, 15) is 9.59 Å². The topological polar surface area (TPSA) is 79.8 Å². The predicted octanol–water partition coefficient (Wildman–Crippen LogP) is 4.14. The van der Waals surface area contributed by atoms with Gasteiger partial charge in [-0.3, -0.25) is 9.59 Å². The second kappa shape index (κ2) is 9.22. The van der Waals surface area contributed by atoms with Crippen molar-refractivity contribution in [1.82, 2.24) is 5.43 Å². The third-order valence-electron chi connectivity index (χ3n) is 3.32. The van der Waals surface area contributed by atoms with Crippen LogP contribution < -0.4 is 15.5 Å². The van der Waals surface area contributed by atoms with Gasteiger partial charge in [0.2, 0.25) is 5.91 Å². The first-order valence-corrected chi connectivity index (χ1v) is 8.37. The molecule has 0 aromatic heterocycles. The highest BCUT2D eigenvalue weighted by Gasteiger charge is 2.12. The van der Waals surface area contributed by atoms with Crippen LogP contribution in [0.5, 0.6) is 5.75 Å². The van der Waals surface area contributed by atoms with E-state index in [1.807, 2.05) is 0 Å². The summed E-state index contributed by atoms with van der Waals surface area (Å²) in [5.41, 5.74) is 3.64. The molecule has 0 aliphatic heterocycles. The molecule has 0 aliphatic rings. The lowest BCUT2D eigenvalue weighted by Crippen LogP contribution is -2.22. The van der Waals surface area contributed by atoms with Gasteiger partial charge in [-0.2, -0.15) is 5.10 Å². The molecule has 0 spiro atoms. The maximum atomic E-state index is 12.2. The normalized spacial score (nSPS) is 11.0. The molecule has 0 heterocycles. The highest BCUT2D eigenvalue weighted by atomic mass is 35.5. The summed E-state index contributed by atoms with van der Waals surface area (Å²) in [6.45, 7) is 1.63. The average Bonchev–Trinajstić information content (AvgIpc) is 2.62. The summed E-state index contributed by atoms with van der Waals surface area (Å²) >= 11 is 11.8. The summed E-state index contributed by atoms with van der Waals surface area (Å²) in [5, 5.41) is 7.42. The maximum absolute atomic E-state index is 12.2. The van der Waals surface area contributed by atoms with E-state index in [2.05, 4.69) is 15.8 Å². The largest absolute Gasteiger partial charge is 0.496 e. The van der Waals surface area contributed by atoms with E-state index in [0.717, 1.165) is 0 Å². The Labute approximate surface area is 161 Å². The van der Waals surface area contributed by atoms with Gasteiger partial charge >= 0.3 is 0 Å². The van der Waals surface area contributed by atoms with Gasteiger partial charge in [-0.05, 0) is 37.3 Å². The van der Waals surface area contributed by atoms with Crippen molar-refractivity contribution in [2.75, 3.05) is 12.4 Å². The Morgan fingerprint density at radius 1 is 1.15 bits per heavy atom. The minimum absolute atomic E-state index is 0.00877. The zero-order chi connectivity index (χ0) is 19.1. The Balaban J connectivity index is 1.95. The van der Waals surface area contributed by atoms with Crippen LogP contribution in [0.25, 0.3) is 0 Å². The highest BCUT2D eigenvalue weighted by molar-refractivity contribution is 6.36. The lowest BCUT2D eigenvalue weighted by Gasteiger charge is -2.08. The van der Waals surface area contributed by atoms with Gasteiger partial charge in [0.15, 0.2) is 0 Å². The van der Waals surface area contributed by atoms with Crippen LogP contribution in [0.4, 0.5) is 5.69 Å². The number of ether oxygens (including phenoxy) is 1. The molecule has 0 saturated carbocycles. The number of hydrogen-bond acceptors (Lipinski definition) is 4. The number of carbonyl (C=O) groups excluding carboxylic acids is 2. The van der Waals surface area contributed by atoms with E-state index in [-0.39, 0.29) is 12.3 Å². The fourth-order valence-electron chi connectivity index (χ4n) is 2.10. The Hall–Kier alpha value is -2.57. The number of para-hydroxylation sites is 1. The molecule has 8 heteroatoms. The first-order chi connectivity index (χ1) is 12.4. The highest BCUT2D eigenvalue weighted by Crippen LogP contribution is 2.25. The minimum Gasteiger partial charge on any atom is -0.496 e. The summed E-state index contributed by atoms with van der Waals surface area (Å²) in [6.07, 6.45) is -0.00877. The van der Waals surface area contributed by atoms with E-state index >= 15 is 0 Å². The van der Waals surface area contributed by atoms with E-state index in [4.69, 9.17) is 27.9 Å². The van der Waals surface area contributed by atoms with Crippen LogP contribution in [0.3, 0.4) is 0 Å². The quantitative estimate of drug-likeness (QED) is 0.571. The SMILES string of the molecule is COc1ccccc1C(=O)NN=C(C)CC(=O)Nc1ccc(Cl)cc1Cl. The minimum atomic E-state index is -0.428. The van der Waals surface area contributed by atoms with Crippen LogP contribution in [0.1, 0.15) is 23.7 Å². The first-order valence-electron chi connectivity index (χ1n) is 7.62. The first kappa shape index (κ1) is 19.8. The number of rotatable bonds is 6. The molecule has 0 radical (unpaired) electrons. The molecule has 136 valence electrons. The van der Waals surface area contributed by atoms with E-state index in [1.54, 1.807) is 43.3 Å². The molecule has 0 fully saturated rings. The molecule has 26 heavy (non-hydrogen) atoms. The number of hydrazone groups is 1. The Morgan fingerprint density at radius 3 is 2.58 bits per heavy atom. The standard InChI is InChI=1S/C18H17Cl2N3O3/c1-11(9-17(24)21-15-8-7-12(19)10-14(15)20)22-23-18(25)13-5-3-4-6-16(13)26-2/h3-8,10H,9H2,1-2H3,(H,21,24)(H,23,25). The summed E-state index contributed by atoms with van der Waals surface area (Å²) in [5.74, 6) is -0.307. The van der Waals surface area contributed by atoms with Crippen LogP contribution in [0.2, 0.25) is 10.0 Å². The van der Waals surface area contributed by atoms with Gasteiger partial charge < -0.3 is 10.1 Å². The number of hydrogen-bond donors (Lipinski definition) is 2. The van der Waals surface area contributed by atoms with Crippen molar-refractivity contribution in [2.24, 2.45) is 5.10 Å². The molecular formula is C18H17Cl2N3O3. The van der Waals surface area contributed by atoms with Crippen LogP contribution in [0.15, 0.2) is 47.6 Å². The number of nitrogens with one attached hydrogen (secondary N) is 2. The van der Waals surface area contributed by atoms with Gasteiger partial charge in [-0.25, -0.2) is 5.43 Å². The fourth-order valence-corrected chi connectivity index (χ4v) is 2.55. The number of anilines is 1. The summed E-state index contributed by atoms with van der Waals surface area (Å²) in [6, 6.07) is 11.5. The average molecular weight is 394 g/mol. The van der Waals surface area contributed by atoms with Crippen molar-refractivity contribution in [2.45, 2.75) is 13.3 Å². The molecular weight excluding hydrogens is 377 g/mol. The third kappa shape index (κ3) is 5.47. The summed E-state index contributed by atoms with van der Waals surface area (Å²) in [4.78, 5) is 24.2. The van der Waals surface area contributed by atoms with Gasteiger partial charge in [-0.15, -0.1) is 0 Å². The number of methoxy groups -OCH3 is 1. The molecule has 2 aromatic carbocycles. The summed E-state index contributed by atoms with van der Waals surface area (Å²) in [7, 11) is 1.48. The zero-order valence-corrected chi connectivity index (χ0v) is 15.7. The number of benzene rings is 2. The van der Waals surface area contributed by atoms with E-state index in [0.29, 0.717) is 32.8 Å².